The van der Waals surface area contributed by atoms with Gasteiger partial charge in [-0.1, -0.05) is 19.1 Å². The normalized spacial score (nSPS) is 15.1. The summed E-state index contributed by atoms with van der Waals surface area (Å²) < 4.78 is 5.69. The molecule has 1 aliphatic heterocycles. The number of methoxy groups -OCH3 is 1. The summed E-state index contributed by atoms with van der Waals surface area (Å²) >= 11 is 0. The molecule has 0 spiro atoms. The molecule has 0 radical (unpaired) electrons. The summed E-state index contributed by atoms with van der Waals surface area (Å²) in [5.74, 6) is -0.202. The first kappa shape index (κ1) is 21.6. The first-order valence-electron chi connectivity index (χ1n) is 10.3. The number of anilines is 1. The van der Waals surface area contributed by atoms with Crippen molar-refractivity contribution in [1.82, 2.24) is 0 Å². The standard InChI is InChI=1S/C25H30N2O3/c1-7-11-27-22-13-23(30-6)18(12-20(22)16(2)14-25(27,4)5)15-26-21-10-8-9-19(17(21)3)24(28)29/h8-10,12-15H,7,11H2,1-6H3,(H,28,29). The highest BCUT2D eigenvalue weighted by Crippen LogP contribution is 2.42. The summed E-state index contributed by atoms with van der Waals surface area (Å²) in [5.41, 5.74) is 5.89. The molecular weight excluding hydrogens is 376 g/mol. The smallest absolute Gasteiger partial charge is 0.336 e. The fraction of sp³-hybridized carbons (Fsp3) is 0.360. The van der Waals surface area contributed by atoms with E-state index in [1.807, 2.05) is 6.07 Å². The van der Waals surface area contributed by atoms with Crippen LogP contribution in [0.3, 0.4) is 0 Å². The predicted octanol–water partition coefficient (Wildman–Crippen LogP) is 5.86. The quantitative estimate of drug-likeness (QED) is 0.610. The van der Waals surface area contributed by atoms with Crippen molar-refractivity contribution in [2.24, 2.45) is 4.99 Å². The Kier molecular flexibility index (Phi) is 6.01. The van der Waals surface area contributed by atoms with Crippen molar-refractivity contribution in [3.63, 3.8) is 0 Å². The van der Waals surface area contributed by atoms with Crippen LogP contribution in [-0.2, 0) is 0 Å². The maximum atomic E-state index is 11.4. The molecule has 158 valence electrons. The average Bonchev–Trinajstić information content (AvgIpc) is 2.69. The molecule has 0 unspecified atom stereocenters. The fourth-order valence-corrected chi connectivity index (χ4v) is 4.16. The third kappa shape index (κ3) is 3.97. The molecular formula is C25H30N2O3. The van der Waals surface area contributed by atoms with E-state index in [9.17, 15) is 9.90 Å². The Morgan fingerprint density at radius 3 is 2.63 bits per heavy atom. The lowest BCUT2D eigenvalue weighted by Crippen LogP contribution is -2.45. The number of benzene rings is 2. The first-order valence-corrected chi connectivity index (χ1v) is 10.3. The average molecular weight is 407 g/mol. The van der Waals surface area contributed by atoms with E-state index in [-0.39, 0.29) is 11.1 Å². The van der Waals surface area contributed by atoms with E-state index in [4.69, 9.17) is 4.74 Å². The molecule has 5 heteroatoms. The number of allylic oxidation sites excluding steroid dienone is 1. The number of rotatable bonds is 6. The number of aromatic carboxylic acids is 1. The molecule has 0 amide bonds. The zero-order valence-electron chi connectivity index (χ0n) is 18.6. The Morgan fingerprint density at radius 1 is 1.27 bits per heavy atom. The van der Waals surface area contributed by atoms with Crippen molar-refractivity contribution in [3.8, 4) is 5.75 Å². The molecule has 30 heavy (non-hydrogen) atoms. The van der Waals surface area contributed by atoms with E-state index < -0.39 is 5.97 Å². The second-order valence-electron chi connectivity index (χ2n) is 8.26. The minimum Gasteiger partial charge on any atom is -0.496 e. The van der Waals surface area contributed by atoms with Crippen molar-refractivity contribution in [3.05, 3.63) is 58.7 Å². The number of carboxylic acids is 1. The lowest BCUT2D eigenvalue weighted by Gasteiger charge is -2.43. The number of aliphatic imine (C=N–C) groups is 1. The van der Waals surface area contributed by atoms with Crippen LogP contribution in [0.25, 0.3) is 5.57 Å². The van der Waals surface area contributed by atoms with Crippen LogP contribution in [0.1, 0.15) is 61.2 Å². The van der Waals surface area contributed by atoms with Gasteiger partial charge in [0.2, 0.25) is 0 Å². The van der Waals surface area contributed by atoms with Crippen molar-refractivity contribution in [1.29, 1.82) is 0 Å². The zero-order valence-corrected chi connectivity index (χ0v) is 18.6. The van der Waals surface area contributed by atoms with Gasteiger partial charge < -0.3 is 14.7 Å². The van der Waals surface area contributed by atoms with Gasteiger partial charge in [0.05, 0.1) is 23.9 Å². The third-order valence-corrected chi connectivity index (χ3v) is 5.65. The number of hydrogen-bond acceptors (Lipinski definition) is 4. The highest BCUT2D eigenvalue weighted by atomic mass is 16.5. The van der Waals surface area contributed by atoms with Gasteiger partial charge >= 0.3 is 5.97 Å². The zero-order chi connectivity index (χ0) is 22.1. The minimum atomic E-state index is -0.949. The van der Waals surface area contributed by atoms with E-state index in [0.717, 1.165) is 24.3 Å². The first-order chi connectivity index (χ1) is 14.2. The number of ether oxygens (including phenoxy) is 1. The third-order valence-electron chi connectivity index (χ3n) is 5.65. The highest BCUT2D eigenvalue weighted by Gasteiger charge is 2.31. The van der Waals surface area contributed by atoms with Gasteiger partial charge in [-0.2, -0.15) is 0 Å². The topological polar surface area (TPSA) is 62.1 Å². The molecule has 1 heterocycles. The van der Waals surface area contributed by atoms with Crippen LogP contribution in [-0.4, -0.2) is 36.5 Å². The Bertz CT molecular complexity index is 1030. The molecule has 2 aromatic carbocycles. The summed E-state index contributed by atoms with van der Waals surface area (Å²) in [5, 5.41) is 9.35. The van der Waals surface area contributed by atoms with Gasteiger partial charge in [0.15, 0.2) is 0 Å². The van der Waals surface area contributed by atoms with E-state index in [1.54, 1.807) is 32.4 Å². The molecule has 0 bridgehead atoms. The number of carbonyl (C=O) groups is 1. The monoisotopic (exact) mass is 406 g/mol. The lowest BCUT2D eigenvalue weighted by atomic mass is 9.87. The van der Waals surface area contributed by atoms with Crippen LogP contribution in [0.4, 0.5) is 11.4 Å². The number of fused-ring (bicyclic) bond motifs is 1. The van der Waals surface area contributed by atoms with Crippen LogP contribution >= 0.6 is 0 Å². The van der Waals surface area contributed by atoms with Crippen molar-refractivity contribution in [2.75, 3.05) is 18.6 Å². The van der Waals surface area contributed by atoms with Gasteiger partial charge in [0.1, 0.15) is 5.75 Å². The number of carboxylic acid groups (broad SMARTS) is 1. The second kappa shape index (κ2) is 8.34. The van der Waals surface area contributed by atoms with E-state index in [0.29, 0.717) is 11.3 Å². The minimum absolute atomic E-state index is 0.0674. The van der Waals surface area contributed by atoms with E-state index >= 15 is 0 Å². The molecule has 0 saturated heterocycles. The van der Waals surface area contributed by atoms with Gasteiger partial charge in [0.25, 0.3) is 0 Å². The van der Waals surface area contributed by atoms with E-state index in [1.165, 1.54) is 16.8 Å². The van der Waals surface area contributed by atoms with Crippen LogP contribution in [0.15, 0.2) is 41.4 Å². The summed E-state index contributed by atoms with van der Waals surface area (Å²) in [7, 11) is 1.66. The Morgan fingerprint density at radius 2 is 2.00 bits per heavy atom. The van der Waals surface area contributed by atoms with E-state index in [2.05, 4.69) is 55.8 Å². The molecule has 0 fully saturated rings. The summed E-state index contributed by atoms with van der Waals surface area (Å²) in [4.78, 5) is 18.4. The van der Waals surface area contributed by atoms with Gasteiger partial charge in [-0.05, 0) is 63.5 Å². The molecule has 1 aliphatic rings. The molecule has 3 rings (SSSR count). The van der Waals surface area contributed by atoms with Crippen molar-refractivity contribution >= 4 is 29.1 Å². The predicted molar refractivity (Wildman–Crippen MR) is 124 cm³/mol. The van der Waals surface area contributed by atoms with Gasteiger partial charge in [0, 0.05) is 35.6 Å². The summed E-state index contributed by atoms with van der Waals surface area (Å²) in [6.07, 6.45) is 5.11. The fourth-order valence-electron chi connectivity index (χ4n) is 4.16. The molecule has 0 atom stereocenters. The number of hydrogen-bond donors (Lipinski definition) is 1. The summed E-state index contributed by atoms with van der Waals surface area (Å²) in [6.45, 7) is 11.5. The van der Waals surface area contributed by atoms with Crippen LogP contribution in [0.5, 0.6) is 5.75 Å². The maximum absolute atomic E-state index is 11.4. The van der Waals surface area contributed by atoms with Gasteiger partial charge in [-0.25, -0.2) is 4.79 Å². The van der Waals surface area contributed by atoms with Crippen LogP contribution < -0.4 is 9.64 Å². The lowest BCUT2D eigenvalue weighted by molar-refractivity contribution is 0.0696. The largest absolute Gasteiger partial charge is 0.496 e. The van der Waals surface area contributed by atoms with Gasteiger partial charge in [-0.3, -0.25) is 4.99 Å². The molecule has 0 aliphatic carbocycles. The highest BCUT2D eigenvalue weighted by molar-refractivity contribution is 5.94. The Labute approximate surface area is 178 Å². The van der Waals surface area contributed by atoms with Crippen molar-refractivity contribution in [2.45, 2.75) is 46.6 Å². The Hall–Kier alpha value is -3.08. The SMILES string of the molecule is CCCN1c2cc(OC)c(C=Nc3cccc(C(=O)O)c3C)cc2C(C)=CC1(C)C. The molecule has 1 N–H and O–H groups in total. The molecule has 0 aromatic heterocycles. The van der Waals surface area contributed by atoms with Crippen LogP contribution in [0, 0.1) is 6.92 Å². The van der Waals surface area contributed by atoms with Crippen molar-refractivity contribution < 1.29 is 14.6 Å². The summed E-state index contributed by atoms with van der Waals surface area (Å²) in [6, 6.07) is 9.32. The molecule has 0 saturated carbocycles. The number of nitrogens with zero attached hydrogens (tertiary/aromatic N) is 2. The van der Waals surface area contributed by atoms with Crippen LogP contribution in [0.2, 0.25) is 0 Å². The molecule has 2 aromatic rings. The molecule has 5 nitrogen and oxygen atoms in total. The maximum Gasteiger partial charge on any atom is 0.336 e. The van der Waals surface area contributed by atoms with Gasteiger partial charge in [-0.15, -0.1) is 0 Å². The second-order valence-corrected chi connectivity index (χ2v) is 8.26. The Balaban J connectivity index is 2.09.